The third-order valence-corrected chi connectivity index (χ3v) is 5.73. The van der Waals surface area contributed by atoms with Crippen LogP contribution in [0.4, 0.5) is 10.1 Å². The molecule has 26 heavy (non-hydrogen) atoms. The van der Waals surface area contributed by atoms with Gasteiger partial charge < -0.3 is 15.5 Å². The Bertz CT molecular complexity index is 675. The van der Waals surface area contributed by atoms with Crippen LogP contribution < -0.4 is 15.5 Å². The Labute approximate surface area is 159 Å². The average Bonchev–Trinajstić information content (AvgIpc) is 3.11. The highest BCUT2D eigenvalue weighted by Gasteiger charge is 2.37. The Morgan fingerprint density at radius 1 is 1.19 bits per heavy atom. The number of amides is 2. The van der Waals surface area contributed by atoms with Crippen LogP contribution in [0.3, 0.4) is 0 Å². The summed E-state index contributed by atoms with van der Waals surface area (Å²) in [6.07, 6.45) is 5.52. The van der Waals surface area contributed by atoms with E-state index >= 15 is 0 Å². The summed E-state index contributed by atoms with van der Waals surface area (Å²) in [6.45, 7) is 0.433. The molecule has 0 spiro atoms. The Morgan fingerprint density at radius 3 is 2.58 bits per heavy atom. The summed E-state index contributed by atoms with van der Waals surface area (Å²) in [5, 5.41) is 6.45. The minimum absolute atomic E-state index is 0. The van der Waals surface area contributed by atoms with Crippen LogP contribution in [0.25, 0.3) is 0 Å². The van der Waals surface area contributed by atoms with E-state index in [1.54, 1.807) is 18.2 Å². The predicted molar refractivity (Wildman–Crippen MR) is 99.8 cm³/mol. The minimum Gasteiger partial charge on any atom is -0.344 e. The molecule has 0 aliphatic carbocycles. The van der Waals surface area contributed by atoms with Gasteiger partial charge in [0, 0.05) is 25.0 Å². The van der Waals surface area contributed by atoms with Gasteiger partial charge in [-0.25, -0.2) is 4.39 Å². The van der Waals surface area contributed by atoms with Crippen molar-refractivity contribution in [1.82, 2.24) is 10.6 Å². The average molecular weight is 382 g/mol. The second-order valence-corrected chi connectivity index (χ2v) is 7.53. The lowest BCUT2D eigenvalue weighted by atomic mass is 9.89. The first kappa shape index (κ1) is 19.1. The first-order chi connectivity index (χ1) is 12.1. The third-order valence-electron chi connectivity index (χ3n) is 5.73. The van der Waals surface area contributed by atoms with Crippen LogP contribution >= 0.6 is 12.4 Å². The van der Waals surface area contributed by atoms with Crippen LogP contribution in [0.2, 0.25) is 0 Å². The maximum absolute atomic E-state index is 13.9. The normalized spacial score (nSPS) is 30.2. The molecule has 142 valence electrons. The van der Waals surface area contributed by atoms with Crippen molar-refractivity contribution in [2.45, 2.75) is 56.7 Å². The molecule has 4 rings (SSSR count). The molecule has 0 aromatic heterocycles. The molecule has 3 saturated heterocycles. The van der Waals surface area contributed by atoms with E-state index in [0.29, 0.717) is 43.1 Å². The zero-order chi connectivity index (χ0) is 17.4. The van der Waals surface area contributed by atoms with Crippen molar-refractivity contribution in [3.05, 3.63) is 30.1 Å². The number of carbonyl (C=O) groups is 2. The highest BCUT2D eigenvalue weighted by molar-refractivity contribution is 6.01. The Morgan fingerprint density at radius 2 is 1.88 bits per heavy atom. The van der Waals surface area contributed by atoms with Crippen molar-refractivity contribution < 1.29 is 14.0 Å². The molecule has 2 N–H and O–H groups in total. The fourth-order valence-corrected chi connectivity index (χ4v) is 4.58. The predicted octanol–water partition coefficient (Wildman–Crippen LogP) is 2.39. The molecule has 5 nitrogen and oxygen atoms in total. The van der Waals surface area contributed by atoms with E-state index in [4.69, 9.17) is 0 Å². The zero-order valence-corrected chi connectivity index (χ0v) is 15.4. The van der Waals surface area contributed by atoms with Crippen molar-refractivity contribution in [3.8, 4) is 0 Å². The molecular formula is C19H25ClFN3O2. The molecule has 0 saturated carbocycles. The van der Waals surface area contributed by atoms with Gasteiger partial charge in [0.2, 0.25) is 11.8 Å². The third kappa shape index (κ3) is 3.86. The number of benzene rings is 1. The summed E-state index contributed by atoms with van der Waals surface area (Å²) < 4.78 is 13.9. The van der Waals surface area contributed by atoms with E-state index in [2.05, 4.69) is 10.6 Å². The van der Waals surface area contributed by atoms with Crippen LogP contribution in [0.15, 0.2) is 24.3 Å². The summed E-state index contributed by atoms with van der Waals surface area (Å²) >= 11 is 0. The van der Waals surface area contributed by atoms with Gasteiger partial charge in [-0.15, -0.1) is 12.4 Å². The van der Waals surface area contributed by atoms with Crippen LogP contribution in [0.1, 0.15) is 38.5 Å². The number of hydrogen-bond acceptors (Lipinski definition) is 3. The minimum atomic E-state index is -0.537. The lowest BCUT2D eigenvalue weighted by Gasteiger charge is -2.28. The molecule has 3 atom stereocenters. The summed E-state index contributed by atoms with van der Waals surface area (Å²) in [4.78, 5) is 26.4. The molecular weight excluding hydrogens is 357 g/mol. The molecule has 0 radical (unpaired) electrons. The number of halogens is 2. The second kappa shape index (κ2) is 7.92. The molecule has 3 aliphatic heterocycles. The first-order valence-corrected chi connectivity index (χ1v) is 9.21. The lowest BCUT2D eigenvalue weighted by Crippen LogP contribution is -2.44. The number of piperidine rings is 1. The Hall–Kier alpha value is -1.66. The van der Waals surface area contributed by atoms with Crippen LogP contribution in [0.5, 0.6) is 0 Å². The lowest BCUT2D eigenvalue weighted by molar-refractivity contribution is -0.127. The quantitative estimate of drug-likeness (QED) is 0.841. The standard InChI is InChI=1S/C19H24FN3O2.ClH/c20-15-3-1-2-4-17(15)23-8-7-16(19(23)25)22-18(24)11-12-9-13-5-6-14(10-12)21-13;/h1-4,12-14,16,21H,5-11H2,(H,22,24);1H. The fourth-order valence-electron chi connectivity index (χ4n) is 4.58. The molecule has 1 aromatic carbocycles. The van der Waals surface area contributed by atoms with Crippen LogP contribution in [-0.2, 0) is 9.59 Å². The highest BCUT2D eigenvalue weighted by atomic mass is 35.5. The summed E-state index contributed by atoms with van der Waals surface area (Å²) in [7, 11) is 0. The van der Waals surface area contributed by atoms with E-state index in [9.17, 15) is 14.0 Å². The molecule has 3 aliphatic rings. The van der Waals surface area contributed by atoms with Gasteiger partial charge in [-0.1, -0.05) is 12.1 Å². The monoisotopic (exact) mass is 381 g/mol. The SMILES string of the molecule is Cl.O=C(CC1CC2CCC(C1)N2)NC1CCN(c2ccccc2F)C1=O. The van der Waals surface area contributed by atoms with Crippen molar-refractivity contribution in [2.75, 3.05) is 11.4 Å². The van der Waals surface area contributed by atoms with Gasteiger partial charge in [0.1, 0.15) is 11.9 Å². The maximum Gasteiger partial charge on any atom is 0.249 e. The topological polar surface area (TPSA) is 61.4 Å². The van der Waals surface area contributed by atoms with E-state index in [1.165, 1.54) is 23.8 Å². The van der Waals surface area contributed by atoms with E-state index in [0.717, 1.165) is 12.8 Å². The Balaban J connectivity index is 0.00000196. The van der Waals surface area contributed by atoms with E-state index in [1.807, 2.05) is 0 Å². The van der Waals surface area contributed by atoms with Gasteiger partial charge in [-0.05, 0) is 50.2 Å². The van der Waals surface area contributed by atoms with Gasteiger partial charge in [-0.3, -0.25) is 9.59 Å². The number of nitrogens with one attached hydrogen (secondary N) is 2. The zero-order valence-electron chi connectivity index (χ0n) is 14.6. The number of anilines is 1. The van der Waals surface area contributed by atoms with E-state index in [-0.39, 0.29) is 24.2 Å². The second-order valence-electron chi connectivity index (χ2n) is 7.53. The van der Waals surface area contributed by atoms with Gasteiger partial charge in [-0.2, -0.15) is 0 Å². The fraction of sp³-hybridized carbons (Fsp3) is 0.579. The number of rotatable bonds is 4. The number of fused-ring (bicyclic) bond motifs is 2. The van der Waals surface area contributed by atoms with Crippen molar-refractivity contribution in [2.24, 2.45) is 5.92 Å². The summed E-state index contributed by atoms with van der Waals surface area (Å²) in [5.74, 6) is -0.283. The first-order valence-electron chi connectivity index (χ1n) is 9.21. The van der Waals surface area contributed by atoms with Crippen molar-refractivity contribution in [3.63, 3.8) is 0 Å². The van der Waals surface area contributed by atoms with Crippen LogP contribution in [-0.4, -0.2) is 36.5 Å². The summed E-state index contributed by atoms with van der Waals surface area (Å²) in [5.41, 5.74) is 0.291. The number of carbonyl (C=O) groups excluding carboxylic acids is 2. The molecule has 3 fully saturated rings. The molecule has 3 heterocycles. The highest BCUT2D eigenvalue weighted by Crippen LogP contribution is 2.32. The smallest absolute Gasteiger partial charge is 0.249 e. The largest absolute Gasteiger partial charge is 0.344 e. The van der Waals surface area contributed by atoms with Crippen molar-refractivity contribution >= 4 is 29.9 Å². The van der Waals surface area contributed by atoms with Gasteiger partial charge in [0.25, 0.3) is 0 Å². The number of hydrogen-bond donors (Lipinski definition) is 2. The van der Waals surface area contributed by atoms with Gasteiger partial charge >= 0.3 is 0 Å². The van der Waals surface area contributed by atoms with Gasteiger partial charge in [0.15, 0.2) is 0 Å². The molecule has 2 bridgehead atoms. The van der Waals surface area contributed by atoms with E-state index < -0.39 is 11.9 Å². The van der Waals surface area contributed by atoms with Crippen LogP contribution in [0, 0.1) is 11.7 Å². The number of nitrogens with zero attached hydrogens (tertiary/aromatic N) is 1. The molecule has 3 unspecified atom stereocenters. The number of para-hydroxylation sites is 1. The summed E-state index contributed by atoms with van der Waals surface area (Å²) in [6, 6.07) is 6.84. The molecule has 1 aromatic rings. The molecule has 7 heteroatoms. The maximum atomic E-state index is 13.9. The van der Waals surface area contributed by atoms with Gasteiger partial charge in [0.05, 0.1) is 5.69 Å². The Kier molecular flexibility index (Phi) is 5.82. The molecule has 2 amide bonds. The van der Waals surface area contributed by atoms with Crippen molar-refractivity contribution in [1.29, 1.82) is 0 Å².